The lowest BCUT2D eigenvalue weighted by molar-refractivity contribution is 0.101. The van der Waals surface area contributed by atoms with Crippen LogP contribution in [-0.2, 0) is 0 Å². The maximum Gasteiger partial charge on any atom is 0.209 e. The summed E-state index contributed by atoms with van der Waals surface area (Å²) in [5.41, 5.74) is 0.871. The standard InChI is InChI=1S/C22H15N3O3/c1-27-18-9-7-16(8-10-18)22(26)21(13-19-5-4-12-28-19)25-11-3-2-6-20(25)17(14-23)15-24/h2-13H,1H3/b21-13-. The molecule has 3 rings (SSSR count). The minimum Gasteiger partial charge on any atom is -0.497 e. The van der Waals surface area contributed by atoms with Crippen LogP contribution in [0.3, 0.4) is 0 Å². The Balaban J connectivity index is 2.12. The van der Waals surface area contributed by atoms with Gasteiger partial charge in [0.25, 0.3) is 0 Å². The number of hydrogen-bond donors (Lipinski definition) is 0. The van der Waals surface area contributed by atoms with E-state index in [1.54, 1.807) is 74.0 Å². The molecule has 0 radical (unpaired) electrons. The Morgan fingerprint density at radius 3 is 2.50 bits per heavy atom. The molecule has 136 valence electrons. The lowest BCUT2D eigenvalue weighted by Crippen LogP contribution is -2.24. The number of methoxy groups -OCH3 is 1. The van der Waals surface area contributed by atoms with Gasteiger partial charge in [-0.15, -0.1) is 0 Å². The van der Waals surface area contributed by atoms with E-state index in [1.165, 1.54) is 11.2 Å². The van der Waals surface area contributed by atoms with Gasteiger partial charge in [0, 0.05) is 17.8 Å². The molecule has 0 atom stereocenters. The summed E-state index contributed by atoms with van der Waals surface area (Å²) in [5, 5.41) is 18.6. The largest absolute Gasteiger partial charge is 0.497 e. The van der Waals surface area contributed by atoms with Crippen molar-refractivity contribution in [2.75, 3.05) is 7.11 Å². The Morgan fingerprint density at radius 1 is 1.14 bits per heavy atom. The van der Waals surface area contributed by atoms with Crippen LogP contribution >= 0.6 is 0 Å². The molecule has 0 saturated heterocycles. The van der Waals surface area contributed by atoms with Crippen molar-refractivity contribution < 1.29 is 13.9 Å². The molecule has 6 heteroatoms. The predicted octanol–water partition coefficient (Wildman–Crippen LogP) is 4.20. The van der Waals surface area contributed by atoms with E-state index in [2.05, 4.69) is 0 Å². The molecule has 2 heterocycles. The van der Waals surface area contributed by atoms with Crippen molar-refractivity contribution in [1.82, 2.24) is 4.90 Å². The molecule has 1 aromatic heterocycles. The zero-order chi connectivity index (χ0) is 19.9. The van der Waals surface area contributed by atoms with Crippen LogP contribution in [0, 0.1) is 22.7 Å². The van der Waals surface area contributed by atoms with E-state index in [9.17, 15) is 15.3 Å². The van der Waals surface area contributed by atoms with Gasteiger partial charge in [0.2, 0.25) is 5.78 Å². The average Bonchev–Trinajstić information content (AvgIpc) is 3.26. The topological polar surface area (TPSA) is 90.3 Å². The first-order valence-corrected chi connectivity index (χ1v) is 8.30. The number of benzene rings is 1. The van der Waals surface area contributed by atoms with Crippen molar-refractivity contribution in [2.24, 2.45) is 0 Å². The Bertz CT molecular complexity index is 1060. The average molecular weight is 369 g/mol. The molecule has 1 aromatic carbocycles. The number of carbonyl (C=O) groups is 1. The smallest absolute Gasteiger partial charge is 0.209 e. The van der Waals surface area contributed by atoms with Gasteiger partial charge in [0.05, 0.1) is 24.8 Å². The summed E-state index contributed by atoms with van der Waals surface area (Å²) >= 11 is 0. The fourth-order valence-corrected chi connectivity index (χ4v) is 2.64. The molecule has 1 aliphatic rings. The predicted molar refractivity (Wildman–Crippen MR) is 102 cm³/mol. The third kappa shape index (κ3) is 3.77. The van der Waals surface area contributed by atoms with Crippen LogP contribution in [0.4, 0.5) is 0 Å². The van der Waals surface area contributed by atoms with Gasteiger partial charge in [0.1, 0.15) is 23.6 Å². The second-order valence-corrected chi connectivity index (χ2v) is 5.66. The third-order valence-corrected chi connectivity index (χ3v) is 4.01. The second-order valence-electron chi connectivity index (χ2n) is 5.66. The number of allylic oxidation sites excluding steroid dienone is 5. The number of carbonyl (C=O) groups excluding carboxylic acids is 1. The van der Waals surface area contributed by atoms with Gasteiger partial charge < -0.3 is 14.1 Å². The highest BCUT2D eigenvalue weighted by Gasteiger charge is 2.24. The minimum absolute atomic E-state index is 0.103. The Labute approximate surface area is 162 Å². The van der Waals surface area contributed by atoms with Crippen molar-refractivity contribution in [3.05, 3.63) is 95.4 Å². The van der Waals surface area contributed by atoms with E-state index in [0.29, 0.717) is 22.8 Å². The molecule has 0 saturated carbocycles. The molecule has 0 spiro atoms. The summed E-state index contributed by atoms with van der Waals surface area (Å²) in [4.78, 5) is 14.8. The van der Waals surface area contributed by atoms with Crippen LogP contribution < -0.4 is 4.74 Å². The number of Topliss-reactive ketones (excluding diaryl/α,β-unsaturated/α-hetero) is 1. The molecular weight excluding hydrogens is 354 g/mol. The molecule has 0 unspecified atom stereocenters. The van der Waals surface area contributed by atoms with Gasteiger partial charge in [-0.2, -0.15) is 10.5 Å². The van der Waals surface area contributed by atoms with Crippen molar-refractivity contribution >= 4 is 11.9 Å². The van der Waals surface area contributed by atoms with Crippen molar-refractivity contribution in [3.8, 4) is 17.9 Å². The molecule has 2 aromatic rings. The molecule has 1 aliphatic heterocycles. The van der Waals surface area contributed by atoms with E-state index < -0.39 is 0 Å². The number of nitrogens with zero attached hydrogens (tertiary/aromatic N) is 3. The Kier molecular flexibility index (Phi) is 5.55. The van der Waals surface area contributed by atoms with Gasteiger partial charge in [-0.05, 0) is 48.6 Å². The minimum atomic E-state index is -0.299. The molecule has 6 nitrogen and oxygen atoms in total. The number of ether oxygens (including phenoxy) is 1. The molecule has 0 aliphatic carbocycles. The van der Waals surface area contributed by atoms with Crippen LogP contribution in [0.1, 0.15) is 16.1 Å². The van der Waals surface area contributed by atoms with Crippen LogP contribution in [-0.4, -0.2) is 17.8 Å². The normalized spacial score (nSPS) is 13.0. The molecular formula is C22H15N3O3. The maximum absolute atomic E-state index is 13.3. The molecule has 0 amide bonds. The van der Waals surface area contributed by atoms with E-state index in [-0.39, 0.29) is 17.1 Å². The maximum atomic E-state index is 13.3. The number of furan rings is 1. The van der Waals surface area contributed by atoms with Crippen molar-refractivity contribution in [2.45, 2.75) is 0 Å². The molecule has 28 heavy (non-hydrogen) atoms. The van der Waals surface area contributed by atoms with Crippen molar-refractivity contribution in [3.63, 3.8) is 0 Å². The lowest BCUT2D eigenvalue weighted by Gasteiger charge is -2.25. The third-order valence-electron chi connectivity index (χ3n) is 4.01. The number of ketones is 1. The lowest BCUT2D eigenvalue weighted by atomic mass is 10.0. The second kappa shape index (κ2) is 8.39. The number of nitriles is 2. The summed E-state index contributed by atoms with van der Waals surface area (Å²) < 4.78 is 10.5. The zero-order valence-electron chi connectivity index (χ0n) is 15.0. The van der Waals surface area contributed by atoms with Crippen LogP contribution in [0.25, 0.3) is 6.08 Å². The fraction of sp³-hybridized carbons (Fsp3) is 0.0455. The van der Waals surface area contributed by atoms with Crippen molar-refractivity contribution in [1.29, 1.82) is 10.5 Å². The Morgan fingerprint density at radius 2 is 1.89 bits per heavy atom. The van der Waals surface area contributed by atoms with Gasteiger partial charge in [-0.3, -0.25) is 4.79 Å². The van der Waals surface area contributed by atoms with Crippen LogP contribution in [0.2, 0.25) is 0 Å². The fourth-order valence-electron chi connectivity index (χ4n) is 2.64. The van der Waals surface area contributed by atoms with Crippen LogP contribution in [0.15, 0.2) is 88.5 Å². The molecule has 0 fully saturated rings. The summed E-state index contributed by atoms with van der Waals surface area (Å²) in [7, 11) is 1.55. The van der Waals surface area contributed by atoms with Gasteiger partial charge in [-0.25, -0.2) is 0 Å². The number of hydrogen-bond acceptors (Lipinski definition) is 6. The van der Waals surface area contributed by atoms with Gasteiger partial charge in [-0.1, -0.05) is 6.08 Å². The quantitative estimate of drug-likeness (QED) is 0.446. The first-order valence-electron chi connectivity index (χ1n) is 8.30. The van der Waals surface area contributed by atoms with Gasteiger partial charge >= 0.3 is 0 Å². The van der Waals surface area contributed by atoms with E-state index >= 15 is 0 Å². The molecule has 0 N–H and O–H groups in total. The summed E-state index contributed by atoms with van der Waals surface area (Å²) in [6, 6.07) is 13.9. The summed E-state index contributed by atoms with van der Waals surface area (Å²) in [6.45, 7) is 0. The molecule has 0 bridgehead atoms. The monoisotopic (exact) mass is 369 g/mol. The first kappa shape index (κ1) is 18.5. The summed E-state index contributed by atoms with van der Waals surface area (Å²) in [6.07, 6.45) is 9.72. The van der Waals surface area contributed by atoms with E-state index in [4.69, 9.17) is 9.15 Å². The van der Waals surface area contributed by atoms with Crippen LogP contribution in [0.5, 0.6) is 5.75 Å². The first-order chi connectivity index (χ1) is 13.7. The highest BCUT2D eigenvalue weighted by atomic mass is 16.5. The number of rotatable bonds is 5. The highest BCUT2D eigenvalue weighted by molar-refractivity contribution is 6.11. The highest BCUT2D eigenvalue weighted by Crippen LogP contribution is 2.27. The Hall–Kier alpha value is -4.29. The van der Waals surface area contributed by atoms with E-state index in [1.807, 2.05) is 12.1 Å². The van der Waals surface area contributed by atoms with Gasteiger partial charge in [0.15, 0.2) is 5.57 Å². The summed E-state index contributed by atoms with van der Waals surface area (Å²) in [5.74, 6) is 0.798. The van der Waals surface area contributed by atoms with E-state index in [0.717, 1.165) is 0 Å². The SMILES string of the molecule is COc1ccc(C(=O)/C(=C/c2ccco2)N2C=CC=CC2=C(C#N)C#N)cc1. The zero-order valence-corrected chi connectivity index (χ0v) is 15.0.